The fourth-order valence-electron chi connectivity index (χ4n) is 2.83. The quantitative estimate of drug-likeness (QED) is 0.628. The van der Waals surface area contributed by atoms with Crippen LogP contribution in [-0.2, 0) is 16.2 Å². The van der Waals surface area contributed by atoms with Gasteiger partial charge in [0.05, 0.1) is 21.4 Å². The number of hydrogen-bond acceptors (Lipinski definition) is 8. The minimum Gasteiger partial charge on any atom is -0.345 e. The molecular formula is C15H13F3N6O2S2. The molecule has 0 aliphatic carbocycles. The summed E-state index contributed by atoms with van der Waals surface area (Å²) in [5.41, 5.74) is -0.403. The molecule has 148 valence electrons. The second-order valence-electron chi connectivity index (χ2n) is 6.03. The first-order valence-corrected chi connectivity index (χ1v) is 10.4. The Labute approximate surface area is 161 Å². The molecule has 28 heavy (non-hydrogen) atoms. The van der Waals surface area contributed by atoms with E-state index < -0.39 is 21.8 Å². The van der Waals surface area contributed by atoms with Gasteiger partial charge in [-0.3, -0.25) is 0 Å². The molecule has 1 aliphatic rings. The van der Waals surface area contributed by atoms with Gasteiger partial charge in [0, 0.05) is 26.2 Å². The van der Waals surface area contributed by atoms with Gasteiger partial charge in [-0.15, -0.1) is 10.2 Å². The fourth-order valence-corrected chi connectivity index (χ4v) is 5.17. The van der Waals surface area contributed by atoms with Gasteiger partial charge in [0.1, 0.15) is 0 Å². The molecule has 1 aromatic carbocycles. The Hall–Kier alpha value is -2.38. The minimum absolute atomic E-state index is 0.157. The summed E-state index contributed by atoms with van der Waals surface area (Å²) < 4.78 is 65.5. The van der Waals surface area contributed by atoms with Crippen molar-refractivity contribution >= 4 is 36.8 Å². The molecule has 1 aliphatic heterocycles. The molecule has 2 aromatic heterocycles. The van der Waals surface area contributed by atoms with Crippen molar-refractivity contribution < 1.29 is 21.6 Å². The lowest BCUT2D eigenvalue weighted by molar-refractivity contribution is -0.137. The first-order chi connectivity index (χ1) is 13.2. The van der Waals surface area contributed by atoms with Crippen molar-refractivity contribution in [2.75, 3.05) is 31.1 Å². The molecule has 3 aromatic rings. The van der Waals surface area contributed by atoms with Gasteiger partial charge in [0.2, 0.25) is 10.0 Å². The zero-order valence-corrected chi connectivity index (χ0v) is 15.8. The molecule has 0 atom stereocenters. The molecular weight excluding hydrogens is 417 g/mol. The highest BCUT2D eigenvalue weighted by atomic mass is 32.2. The molecule has 4 rings (SSSR count). The van der Waals surface area contributed by atoms with Gasteiger partial charge in [-0.05, 0) is 29.5 Å². The molecule has 0 unspecified atom stereocenters. The van der Waals surface area contributed by atoms with E-state index in [9.17, 15) is 21.6 Å². The van der Waals surface area contributed by atoms with Gasteiger partial charge in [-0.2, -0.15) is 22.5 Å². The van der Waals surface area contributed by atoms with Crippen molar-refractivity contribution in [2.24, 2.45) is 0 Å². The lowest BCUT2D eigenvalue weighted by atomic mass is 10.2. The lowest BCUT2D eigenvalue weighted by Gasteiger charge is -2.33. The molecule has 0 bridgehead atoms. The smallest absolute Gasteiger partial charge is 0.345 e. The molecule has 8 nitrogen and oxygen atoms in total. The molecule has 13 heteroatoms. The minimum atomic E-state index is -4.51. The van der Waals surface area contributed by atoms with Crippen LogP contribution >= 0.6 is 11.3 Å². The largest absolute Gasteiger partial charge is 0.416 e. The molecule has 1 fully saturated rings. The number of benzene rings is 1. The third kappa shape index (κ3) is 3.52. The van der Waals surface area contributed by atoms with Crippen molar-refractivity contribution in [1.82, 2.24) is 24.7 Å². The summed E-state index contributed by atoms with van der Waals surface area (Å²) in [6.45, 7) is 1.20. The number of nitrogens with zero attached hydrogens (tertiary/aromatic N) is 6. The van der Waals surface area contributed by atoms with Crippen molar-refractivity contribution in [3.8, 4) is 0 Å². The molecule has 0 amide bonds. The molecule has 0 N–H and O–H groups in total. The number of thiazole rings is 1. The monoisotopic (exact) mass is 430 g/mol. The standard InChI is InChI=1S/C15H13F3N6O2S2/c16-15(17,18)10-1-3-11(4-2-10)28(25,26)24-7-5-23(6-8-24)14-20-13-12(27-14)9-19-22-21-13/h1-4,9H,5-8H2. The Morgan fingerprint density at radius 2 is 1.71 bits per heavy atom. The first kappa shape index (κ1) is 19.0. The normalized spacial score (nSPS) is 16.6. The summed E-state index contributed by atoms with van der Waals surface area (Å²) in [6, 6.07) is 3.53. The van der Waals surface area contributed by atoms with Gasteiger partial charge in [0.25, 0.3) is 0 Å². The summed E-state index contributed by atoms with van der Waals surface area (Å²) >= 11 is 1.39. The summed E-state index contributed by atoms with van der Waals surface area (Å²) in [5, 5.41) is 11.8. The number of halogens is 3. The van der Waals surface area contributed by atoms with E-state index in [1.54, 1.807) is 6.20 Å². The molecule has 0 saturated carbocycles. The van der Waals surface area contributed by atoms with Crippen LogP contribution in [0.4, 0.5) is 18.3 Å². The van der Waals surface area contributed by atoms with Crippen LogP contribution < -0.4 is 4.90 Å². The van der Waals surface area contributed by atoms with E-state index in [4.69, 9.17) is 0 Å². The number of rotatable bonds is 3. The Balaban J connectivity index is 1.47. The Bertz CT molecular complexity index is 1060. The third-order valence-corrected chi connectivity index (χ3v) is 7.27. The van der Waals surface area contributed by atoms with Crippen LogP contribution in [0.5, 0.6) is 0 Å². The second kappa shape index (κ2) is 6.90. The van der Waals surface area contributed by atoms with E-state index >= 15 is 0 Å². The average molecular weight is 430 g/mol. The van der Waals surface area contributed by atoms with E-state index in [2.05, 4.69) is 20.4 Å². The highest BCUT2D eigenvalue weighted by Crippen LogP contribution is 2.31. The summed E-state index contributed by atoms with van der Waals surface area (Å²) in [4.78, 5) is 6.15. The van der Waals surface area contributed by atoms with Crippen molar-refractivity contribution in [3.63, 3.8) is 0 Å². The first-order valence-electron chi connectivity index (χ1n) is 8.12. The van der Waals surface area contributed by atoms with E-state index in [0.717, 1.165) is 29.0 Å². The van der Waals surface area contributed by atoms with Gasteiger partial charge in [0.15, 0.2) is 10.8 Å². The van der Waals surface area contributed by atoms with E-state index in [1.165, 1.54) is 15.6 Å². The SMILES string of the molecule is O=S(=O)(c1ccc(C(F)(F)F)cc1)N1CCN(c2nc3nnncc3s2)CC1. The maximum Gasteiger partial charge on any atom is 0.416 e. The molecule has 3 heterocycles. The van der Waals surface area contributed by atoms with E-state index in [1.807, 2.05) is 4.90 Å². The van der Waals surface area contributed by atoms with Crippen LogP contribution in [0, 0.1) is 0 Å². The van der Waals surface area contributed by atoms with Crippen LogP contribution in [0.25, 0.3) is 10.3 Å². The summed E-state index contributed by atoms with van der Waals surface area (Å²) in [7, 11) is -3.86. The predicted molar refractivity (Wildman–Crippen MR) is 95.4 cm³/mol. The van der Waals surface area contributed by atoms with Crippen LogP contribution in [-0.4, -0.2) is 59.3 Å². The second-order valence-corrected chi connectivity index (χ2v) is 8.98. The number of alkyl halides is 3. The van der Waals surface area contributed by atoms with Gasteiger partial charge in [-0.1, -0.05) is 11.3 Å². The number of hydrogen-bond donors (Lipinski definition) is 0. The number of sulfonamides is 1. The number of anilines is 1. The van der Waals surface area contributed by atoms with E-state index in [0.29, 0.717) is 23.9 Å². The molecule has 1 saturated heterocycles. The predicted octanol–water partition coefficient (Wildman–Crippen LogP) is 2.01. The summed E-state index contributed by atoms with van der Waals surface area (Å²) in [6.07, 6.45) is -2.94. The highest BCUT2D eigenvalue weighted by molar-refractivity contribution is 7.89. The molecule has 0 spiro atoms. The Morgan fingerprint density at radius 1 is 1.04 bits per heavy atom. The van der Waals surface area contributed by atoms with Crippen LogP contribution in [0.15, 0.2) is 35.4 Å². The van der Waals surface area contributed by atoms with Gasteiger partial charge < -0.3 is 4.90 Å². The van der Waals surface area contributed by atoms with Crippen LogP contribution in [0.2, 0.25) is 0 Å². The third-order valence-electron chi connectivity index (χ3n) is 4.32. The Morgan fingerprint density at radius 3 is 2.32 bits per heavy atom. The van der Waals surface area contributed by atoms with Crippen molar-refractivity contribution in [3.05, 3.63) is 36.0 Å². The topological polar surface area (TPSA) is 92.2 Å². The molecule has 0 radical (unpaired) electrons. The van der Waals surface area contributed by atoms with Gasteiger partial charge in [-0.25, -0.2) is 8.42 Å². The maximum absolute atomic E-state index is 12.7. The fraction of sp³-hybridized carbons (Fsp3) is 0.333. The van der Waals surface area contributed by atoms with Crippen LogP contribution in [0.1, 0.15) is 5.56 Å². The maximum atomic E-state index is 12.7. The van der Waals surface area contributed by atoms with Crippen LogP contribution in [0.3, 0.4) is 0 Å². The zero-order chi connectivity index (χ0) is 19.9. The van der Waals surface area contributed by atoms with Crippen molar-refractivity contribution in [1.29, 1.82) is 0 Å². The highest BCUT2D eigenvalue weighted by Gasteiger charge is 2.33. The number of fused-ring (bicyclic) bond motifs is 1. The number of aromatic nitrogens is 4. The summed E-state index contributed by atoms with van der Waals surface area (Å²) in [5.74, 6) is 0. The Kier molecular flexibility index (Phi) is 4.67. The van der Waals surface area contributed by atoms with Crippen molar-refractivity contribution in [2.45, 2.75) is 11.1 Å². The lowest BCUT2D eigenvalue weighted by Crippen LogP contribution is -2.48. The van der Waals surface area contributed by atoms with E-state index in [-0.39, 0.29) is 18.0 Å². The van der Waals surface area contributed by atoms with Gasteiger partial charge >= 0.3 is 6.18 Å². The zero-order valence-electron chi connectivity index (χ0n) is 14.2. The average Bonchev–Trinajstić information content (AvgIpc) is 3.12. The number of piperazine rings is 1.